The van der Waals surface area contributed by atoms with E-state index >= 15 is 0 Å². The third kappa shape index (κ3) is 6.11. The molecule has 2 unspecified atom stereocenters. The number of piperidine rings is 2. The van der Waals surface area contributed by atoms with Gasteiger partial charge < -0.3 is 26.2 Å². The second-order valence-electron chi connectivity index (χ2n) is 13.9. The fraction of sp³-hybridized carbons (Fsp3) is 0.600. The van der Waals surface area contributed by atoms with Gasteiger partial charge in [0.05, 0.1) is 18.4 Å². The molecular weight excluding hydrogens is 583 g/mol. The molecule has 2 atom stereocenters. The molecule has 4 saturated heterocycles. The Bertz CT molecular complexity index is 1540. The summed E-state index contributed by atoms with van der Waals surface area (Å²) < 4.78 is 15.1. The van der Waals surface area contributed by atoms with Gasteiger partial charge in [0.25, 0.3) is 11.8 Å². The summed E-state index contributed by atoms with van der Waals surface area (Å²) in [5, 5.41) is 11.5. The number of anilines is 1. The van der Waals surface area contributed by atoms with E-state index in [4.69, 9.17) is 5.73 Å². The molecule has 3 aromatic rings. The number of amides is 2. The largest absolute Gasteiger partial charge is 0.381 e. The Kier molecular flexibility index (Phi) is 8.96. The van der Waals surface area contributed by atoms with Gasteiger partial charge >= 0.3 is 0 Å². The van der Waals surface area contributed by atoms with Gasteiger partial charge in [0, 0.05) is 49.2 Å². The third-order valence-electron chi connectivity index (χ3n) is 11.2. The highest BCUT2D eigenvalue weighted by Crippen LogP contribution is 2.40. The van der Waals surface area contributed by atoms with Crippen molar-refractivity contribution in [3.8, 4) is 0 Å². The first-order valence-corrected chi connectivity index (χ1v) is 17.4. The third-order valence-corrected chi connectivity index (χ3v) is 11.2. The van der Waals surface area contributed by atoms with Gasteiger partial charge in [0.1, 0.15) is 5.56 Å². The number of hydrogen-bond acceptors (Lipinski definition) is 7. The zero-order chi connectivity index (χ0) is 31.7. The number of fused-ring (bicyclic) bond motifs is 5. The lowest BCUT2D eigenvalue weighted by Crippen LogP contribution is -2.66. The van der Waals surface area contributed by atoms with Crippen LogP contribution in [0.5, 0.6) is 0 Å². The van der Waals surface area contributed by atoms with Crippen LogP contribution in [0.4, 0.5) is 10.2 Å². The minimum Gasteiger partial charge on any atom is -0.381 e. The standard InChI is InChI=1S/C35H47FN8O2/c36-26-22-38-32-29(31(37)41-44(32)23-26)33(45)40-30-28(12-17-39-35(30)15-6-4-2-1-3-5-7-16-35)24-8-10-25(11-9-24)34(46)43-21-20-42-18-13-27(43)14-19-42/h8-11,22-23,27-28,30,39H,1-7,12-21H2,(H2,37,41)(H,40,45). The van der Waals surface area contributed by atoms with Crippen LogP contribution in [0.15, 0.2) is 36.7 Å². The van der Waals surface area contributed by atoms with Crippen LogP contribution in [0.2, 0.25) is 0 Å². The number of aromatic nitrogens is 3. The molecule has 10 nitrogen and oxygen atoms in total. The molecule has 2 amide bonds. The molecule has 5 aliphatic rings. The number of nitrogen functional groups attached to an aromatic ring is 1. The first kappa shape index (κ1) is 31.1. The Morgan fingerprint density at radius 1 is 0.935 bits per heavy atom. The summed E-state index contributed by atoms with van der Waals surface area (Å²) >= 11 is 0. The second-order valence-corrected chi connectivity index (χ2v) is 13.9. The average molecular weight is 631 g/mol. The van der Waals surface area contributed by atoms with Crippen molar-refractivity contribution >= 4 is 23.3 Å². The molecule has 1 aliphatic carbocycles. The van der Waals surface area contributed by atoms with Crippen molar-refractivity contribution in [1.29, 1.82) is 0 Å². The van der Waals surface area contributed by atoms with Crippen LogP contribution < -0.4 is 16.4 Å². The van der Waals surface area contributed by atoms with E-state index in [1.807, 2.05) is 12.1 Å². The molecule has 1 spiro atoms. The Morgan fingerprint density at radius 3 is 2.35 bits per heavy atom. The van der Waals surface area contributed by atoms with E-state index in [0.717, 1.165) is 95.0 Å². The van der Waals surface area contributed by atoms with Crippen LogP contribution in [-0.4, -0.2) is 86.6 Å². The molecule has 5 fully saturated rings. The summed E-state index contributed by atoms with van der Waals surface area (Å²) in [6.45, 7) is 4.73. The van der Waals surface area contributed by atoms with Crippen LogP contribution in [0.3, 0.4) is 0 Å². The zero-order valence-corrected chi connectivity index (χ0v) is 26.7. The number of nitrogens with two attached hydrogens (primary N) is 1. The number of halogens is 1. The molecule has 11 heteroatoms. The first-order valence-electron chi connectivity index (χ1n) is 17.4. The second kappa shape index (κ2) is 13.3. The van der Waals surface area contributed by atoms with Gasteiger partial charge in [-0.1, -0.05) is 57.1 Å². The molecule has 246 valence electrons. The smallest absolute Gasteiger partial charge is 0.259 e. The lowest BCUT2D eigenvalue weighted by molar-refractivity contribution is 0.0684. The van der Waals surface area contributed by atoms with Gasteiger partial charge in [0.2, 0.25) is 0 Å². The van der Waals surface area contributed by atoms with Gasteiger partial charge in [-0.3, -0.25) is 9.59 Å². The number of nitrogens with one attached hydrogen (secondary N) is 2. The Hall–Kier alpha value is -3.57. The van der Waals surface area contributed by atoms with E-state index in [0.29, 0.717) is 6.04 Å². The van der Waals surface area contributed by atoms with Crippen molar-refractivity contribution in [2.75, 3.05) is 38.5 Å². The summed E-state index contributed by atoms with van der Waals surface area (Å²) in [7, 11) is 0. The highest BCUT2D eigenvalue weighted by Gasteiger charge is 2.46. The fourth-order valence-electron chi connectivity index (χ4n) is 8.67. The van der Waals surface area contributed by atoms with Crippen LogP contribution in [0.1, 0.15) is 109 Å². The van der Waals surface area contributed by atoms with Gasteiger partial charge in [-0.05, 0) is 56.3 Å². The van der Waals surface area contributed by atoms with Crippen molar-refractivity contribution < 1.29 is 14.0 Å². The predicted octanol–water partition coefficient (Wildman–Crippen LogP) is 4.51. The number of carbonyl (C=O) groups is 2. The molecule has 1 saturated carbocycles. The summed E-state index contributed by atoms with van der Waals surface area (Å²) in [5.41, 5.74) is 8.20. The van der Waals surface area contributed by atoms with E-state index in [1.165, 1.54) is 42.8 Å². The normalized spacial score (nSPS) is 26.9. The maximum atomic E-state index is 14.1. The minimum absolute atomic E-state index is 0.0256. The fourth-order valence-corrected chi connectivity index (χ4v) is 8.67. The van der Waals surface area contributed by atoms with Crippen LogP contribution in [0.25, 0.3) is 5.65 Å². The van der Waals surface area contributed by atoms with E-state index < -0.39 is 5.82 Å². The number of nitrogens with zero attached hydrogens (tertiary/aromatic N) is 5. The zero-order valence-electron chi connectivity index (χ0n) is 26.7. The summed E-state index contributed by atoms with van der Waals surface area (Å²) in [4.78, 5) is 36.5. The van der Waals surface area contributed by atoms with Crippen LogP contribution >= 0.6 is 0 Å². The number of hydrogen-bond donors (Lipinski definition) is 3. The number of benzene rings is 1. The highest BCUT2D eigenvalue weighted by molar-refractivity contribution is 6.04. The summed E-state index contributed by atoms with van der Waals surface area (Å²) in [5.74, 6) is -0.723. The van der Waals surface area contributed by atoms with Crippen LogP contribution in [0, 0.1) is 5.82 Å². The Labute approximate surface area is 270 Å². The molecule has 46 heavy (non-hydrogen) atoms. The molecule has 4 N–H and O–H groups in total. The Balaban J connectivity index is 1.19. The van der Waals surface area contributed by atoms with Gasteiger partial charge in [-0.25, -0.2) is 13.9 Å². The van der Waals surface area contributed by atoms with Crippen molar-refractivity contribution in [1.82, 2.24) is 35.0 Å². The van der Waals surface area contributed by atoms with E-state index in [1.54, 1.807) is 0 Å². The molecule has 6 heterocycles. The van der Waals surface area contributed by atoms with Crippen molar-refractivity contribution in [2.24, 2.45) is 0 Å². The van der Waals surface area contributed by atoms with Crippen molar-refractivity contribution in [3.63, 3.8) is 0 Å². The van der Waals surface area contributed by atoms with E-state index in [9.17, 15) is 14.0 Å². The first-order chi connectivity index (χ1) is 22.4. The molecule has 4 aliphatic heterocycles. The van der Waals surface area contributed by atoms with Crippen molar-refractivity contribution in [2.45, 2.75) is 101 Å². The Morgan fingerprint density at radius 2 is 1.63 bits per heavy atom. The van der Waals surface area contributed by atoms with Crippen molar-refractivity contribution in [3.05, 3.63) is 59.2 Å². The highest BCUT2D eigenvalue weighted by atomic mass is 19.1. The van der Waals surface area contributed by atoms with E-state index in [2.05, 4.69) is 42.6 Å². The molecule has 1 aromatic carbocycles. The monoisotopic (exact) mass is 630 g/mol. The molecular formula is C35H47FN8O2. The summed E-state index contributed by atoms with van der Waals surface area (Å²) in [6, 6.07) is 8.27. The lowest BCUT2D eigenvalue weighted by atomic mass is 9.68. The molecule has 0 radical (unpaired) electrons. The molecule has 2 aromatic heterocycles. The maximum Gasteiger partial charge on any atom is 0.259 e. The molecule has 2 bridgehead atoms. The topological polar surface area (TPSA) is 121 Å². The quantitative estimate of drug-likeness (QED) is 0.388. The maximum absolute atomic E-state index is 14.1. The SMILES string of the molecule is Nc1nn2cc(F)cnc2c1C(=O)NC1C(c2ccc(C(=O)N3CCN4CCC3CC4)cc2)CCNC12CCCCCCCCC2. The average Bonchev–Trinajstić information content (AvgIpc) is 3.18. The summed E-state index contributed by atoms with van der Waals surface area (Å²) in [6.07, 6.45) is 15.4. The van der Waals surface area contributed by atoms with Gasteiger partial charge in [0.15, 0.2) is 17.3 Å². The number of rotatable bonds is 4. The molecule has 8 rings (SSSR count). The predicted molar refractivity (Wildman–Crippen MR) is 175 cm³/mol. The lowest BCUT2D eigenvalue weighted by Gasteiger charge is -2.50. The van der Waals surface area contributed by atoms with Gasteiger partial charge in [-0.2, -0.15) is 0 Å². The van der Waals surface area contributed by atoms with E-state index in [-0.39, 0.29) is 46.3 Å². The van der Waals surface area contributed by atoms with Crippen LogP contribution in [-0.2, 0) is 0 Å². The minimum atomic E-state index is -0.554. The number of carbonyl (C=O) groups excluding carboxylic acids is 2. The van der Waals surface area contributed by atoms with Gasteiger partial charge in [-0.15, -0.1) is 5.10 Å².